The van der Waals surface area contributed by atoms with Crippen LogP contribution in [-0.2, 0) is 28.5 Å². The van der Waals surface area contributed by atoms with Crippen LogP contribution in [0.25, 0.3) is 0 Å². The van der Waals surface area contributed by atoms with E-state index in [2.05, 4.69) is 4.18 Å². The van der Waals surface area contributed by atoms with Crippen molar-refractivity contribution in [3.05, 3.63) is 71.8 Å². The number of carbonyl (C=O) groups is 2. The number of halogens is 2. The number of carbonyl (C=O) groups excluding carboxylic acids is 2. The Morgan fingerprint density at radius 2 is 1.48 bits per heavy atom. The van der Waals surface area contributed by atoms with E-state index in [9.17, 15) is 26.8 Å². The normalized spacial score (nSPS) is 22.6. The number of esters is 2. The summed E-state index contributed by atoms with van der Waals surface area (Å²) < 4.78 is 71.6. The summed E-state index contributed by atoms with van der Waals surface area (Å²) in [6.07, 6.45) is -5.94. The van der Waals surface area contributed by atoms with Gasteiger partial charge in [0.25, 0.3) is 10.1 Å². The second-order valence-electron chi connectivity index (χ2n) is 6.64. The van der Waals surface area contributed by atoms with E-state index < -0.39 is 53.1 Å². The number of alkyl halides is 2. The minimum atomic E-state index is -4.33. The first-order chi connectivity index (χ1) is 14.6. The summed E-state index contributed by atoms with van der Waals surface area (Å²) in [5.74, 6) is -5.96. The first-order valence-electron chi connectivity index (χ1n) is 8.97. The van der Waals surface area contributed by atoms with Crippen molar-refractivity contribution in [1.29, 1.82) is 0 Å². The lowest BCUT2D eigenvalue weighted by Gasteiger charge is -2.23. The predicted molar refractivity (Wildman–Crippen MR) is 102 cm³/mol. The maximum atomic E-state index is 14.8. The summed E-state index contributed by atoms with van der Waals surface area (Å²) in [5, 5.41) is 0. The van der Waals surface area contributed by atoms with Crippen molar-refractivity contribution in [1.82, 2.24) is 0 Å². The van der Waals surface area contributed by atoms with Crippen LogP contribution in [-0.4, -0.2) is 57.6 Å². The van der Waals surface area contributed by atoms with Gasteiger partial charge in [0, 0.05) is 0 Å². The molecule has 0 N–H and O–H groups in total. The van der Waals surface area contributed by atoms with E-state index in [1.54, 1.807) is 24.3 Å². The van der Waals surface area contributed by atoms with Crippen molar-refractivity contribution >= 4 is 22.1 Å². The summed E-state index contributed by atoms with van der Waals surface area (Å²) in [5.41, 5.74) is 0.153. The Labute approximate surface area is 176 Å². The fourth-order valence-corrected chi connectivity index (χ4v) is 3.29. The molecule has 166 valence electrons. The summed E-state index contributed by atoms with van der Waals surface area (Å²) in [6, 6.07) is 15.1. The Kier molecular flexibility index (Phi) is 6.68. The van der Waals surface area contributed by atoms with Gasteiger partial charge in [0.2, 0.25) is 12.4 Å². The van der Waals surface area contributed by atoms with E-state index in [0.29, 0.717) is 6.26 Å². The molecule has 0 aliphatic carbocycles. The summed E-state index contributed by atoms with van der Waals surface area (Å²) in [6.45, 7) is -0.736. The number of benzene rings is 2. The van der Waals surface area contributed by atoms with Crippen molar-refractivity contribution in [3.8, 4) is 0 Å². The molecule has 0 radical (unpaired) electrons. The third kappa shape index (κ3) is 5.63. The molecule has 0 saturated carbocycles. The molecule has 11 heteroatoms. The first kappa shape index (κ1) is 22.8. The maximum absolute atomic E-state index is 14.8. The molecule has 1 aliphatic rings. The van der Waals surface area contributed by atoms with E-state index >= 15 is 0 Å². The predicted octanol–water partition coefficient (Wildman–Crippen LogP) is 2.41. The second kappa shape index (κ2) is 9.08. The van der Waals surface area contributed by atoms with Gasteiger partial charge >= 0.3 is 17.9 Å². The smallest absolute Gasteiger partial charge is 0.338 e. The number of ether oxygens (including phenoxy) is 3. The van der Waals surface area contributed by atoms with Crippen LogP contribution in [0.5, 0.6) is 0 Å². The van der Waals surface area contributed by atoms with Crippen LogP contribution in [0.15, 0.2) is 60.7 Å². The Bertz CT molecular complexity index is 1030. The molecule has 2 aromatic carbocycles. The van der Waals surface area contributed by atoms with E-state index in [-0.39, 0.29) is 11.1 Å². The van der Waals surface area contributed by atoms with Crippen LogP contribution in [0.2, 0.25) is 0 Å². The van der Waals surface area contributed by atoms with Gasteiger partial charge in [-0.05, 0) is 24.3 Å². The molecule has 2 aromatic rings. The number of rotatable bonds is 7. The molecular formula is C20H18F2O8S. The highest BCUT2D eigenvalue weighted by molar-refractivity contribution is 7.86. The molecule has 31 heavy (non-hydrogen) atoms. The topological polar surface area (TPSA) is 105 Å². The zero-order valence-corrected chi connectivity index (χ0v) is 17.0. The minimum Gasteiger partial charge on any atom is -0.459 e. The fourth-order valence-electron chi connectivity index (χ4n) is 2.80. The van der Waals surface area contributed by atoms with E-state index in [0.717, 1.165) is 0 Å². The minimum absolute atomic E-state index is 0.00851. The summed E-state index contributed by atoms with van der Waals surface area (Å²) >= 11 is 0. The highest BCUT2D eigenvalue weighted by Gasteiger charge is 2.63. The lowest BCUT2D eigenvalue weighted by Crippen LogP contribution is -2.45. The molecular weight excluding hydrogens is 438 g/mol. The molecule has 0 amide bonds. The largest absolute Gasteiger partial charge is 0.459 e. The molecule has 0 spiro atoms. The highest BCUT2D eigenvalue weighted by atomic mass is 32.2. The van der Waals surface area contributed by atoms with Gasteiger partial charge in [-0.25, -0.2) is 13.8 Å². The fraction of sp³-hybridized carbons (Fsp3) is 0.300. The van der Waals surface area contributed by atoms with Gasteiger partial charge in [-0.1, -0.05) is 36.4 Å². The van der Waals surface area contributed by atoms with Crippen molar-refractivity contribution in [2.24, 2.45) is 0 Å². The van der Waals surface area contributed by atoms with E-state index in [1.807, 2.05) is 0 Å². The lowest BCUT2D eigenvalue weighted by atomic mass is 10.1. The summed E-state index contributed by atoms with van der Waals surface area (Å²) in [7, 11) is -4.33. The van der Waals surface area contributed by atoms with Crippen LogP contribution in [0.4, 0.5) is 8.78 Å². The average molecular weight is 456 g/mol. The Balaban J connectivity index is 1.79. The van der Waals surface area contributed by atoms with Crippen molar-refractivity contribution in [3.63, 3.8) is 0 Å². The monoisotopic (exact) mass is 456 g/mol. The van der Waals surface area contributed by atoms with Crippen molar-refractivity contribution in [2.75, 3.05) is 12.9 Å². The number of hydrogen-bond donors (Lipinski definition) is 0. The SMILES string of the molecule is CS(=O)(=O)OC1O[C@@H](COC(=O)c2ccccc2)[C@H](OC(=O)c2ccccc2)C1(F)F. The first-order valence-corrected chi connectivity index (χ1v) is 10.8. The molecule has 1 aliphatic heterocycles. The third-order valence-corrected chi connectivity index (χ3v) is 4.75. The molecule has 3 atom stereocenters. The van der Waals surface area contributed by atoms with Crippen molar-refractivity contribution < 1.29 is 45.2 Å². The maximum Gasteiger partial charge on any atom is 0.338 e. The molecule has 8 nitrogen and oxygen atoms in total. The quantitative estimate of drug-likeness (QED) is 0.462. The van der Waals surface area contributed by atoms with Gasteiger partial charge in [0.1, 0.15) is 12.7 Å². The van der Waals surface area contributed by atoms with Gasteiger partial charge in [-0.3, -0.25) is 0 Å². The van der Waals surface area contributed by atoms with E-state index in [4.69, 9.17) is 14.2 Å². The summed E-state index contributed by atoms with van der Waals surface area (Å²) in [4.78, 5) is 24.4. The Morgan fingerprint density at radius 1 is 0.968 bits per heavy atom. The average Bonchev–Trinajstić information content (AvgIpc) is 2.95. The van der Waals surface area contributed by atoms with Crippen molar-refractivity contribution in [2.45, 2.75) is 24.4 Å². The van der Waals surface area contributed by atoms with Crippen LogP contribution < -0.4 is 0 Å². The van der Waals surface area contributed by atoms with E-state index in [1.165, 1.54) is 36.4 Å². The van der Waals surface area contributed by atoms with Crippen LogP contribution in [0.1, 0.15) is 20.7 Å². The second-order valence-corrected chi connectivity index (χ2v) is 8.24. The van der Waals surface area contributed by atoms with Gasteiger partial charge in [0.05, 0.1) is 17.4 Å². The van der Waals surface area contributed by atoms with Crippen LogP contribution in [0.3, 0.4) is 0 Å². The number of hydrogen-bond acceptors (Lipinski definition) is 8. The zero-order chi connectivity index (χ0) is 22.6. The zero-order valence-electron chi connectivity index (χ0n) is 16.1. The third-order valence-electron chi connectivity index (χ3n) is 4.22. The Morgan fingerprint density at radius 3 is 2.00 bits per heavy atom. The molecule has 0 aromatic heterocycles. The molecule has 1 fully saturated rings. The Hall–Kier alpha value is -2.89. The van der Waals surface area contributed by atoms with Crippen LogP contribution >= 0.6 is 0 Å². The lowest BCUT2D eigenvalue weighted by molar-refractivity contribution is -0.183. The van der Waals surface area contributed by atoms with Gasteiger partial charge in [0.15, 0.2) is 0 Å². The molecule has 1 unspecified atom stereocenters. The van der Waals surface area contributed by atoms with Gasteiger partial charge in [-0.15, -0.1) is 0 Å². The molecule has 3 rings (SSSR count). The standard InChI is InChI=1S/C20H18F2O8S/c1-31(25,26)30-19-20(21,22)16(29-18(24)14-10-6-3-7-11-14)15(28-19)12-27-17(23)13-8-4-2-5-9-13/h2-11,15-16,19H,12H2,1H3/t15-,16-,19?/m0/s1. The van der Waals surface area contributed by atoms with Crippen LogP contribution in [0, 0.1) is 0 Å². The van der Waals surface area contributed by atoms with Gasteiger partial charge < -0.3 is 14.2 Å². The highest BCUT2D eigenvalue weighted by Crippen LogP contribution is 2.40. The molecule has 1 saturated heterocycles. The van der Waals surface area contributed by atoms with Gasteiger partial charge in [-0.2, -0.15) is 17.2 Å². The molecule has 0 bridgehead atoms. The molecule has 1 heterocycles.